The molecule has 0 saturated carbocycles. The van der Waals surface area contributed by atoms with Gasteiger partial charge in [-0.25, -0.2) is 0 Å². The van der Waals surface area contributed by atoms with Crippen LogP contribution < -0.4 is 4.74 Å². The summed E-state index contributed by atoms with van der Waals surface area (Å²) < 4.78 is 29.1. The van der Waals surface area contributed by atoms with E-state index < -0.39 is 6.61 Å². The molecule has 0 amide bonds. The number of benzene rings is 1. The van der Waals surface area contributed by atoms with E-state index in [4.69, 9.17) is 5.11 Å². The second-order valence-electron chi connectivity index (χ2n) is 3.18. The lowest BCUT2D eigenvalue weighted by molar-refractivity contribution is -0.0499. The number of aliphatic hydroxyl groups excluding tert-OH is 1. The quantitative estimate of drug-likeness (QED) is 0.861. The van der Waals surface area contributed by atoms with Crippen LogP contribution >= 0.6 is 22.6 Å². The van der Waals surface area contributed by atoms with Crippen molar-refractivity contribution in [1.82, 2.24) is 0 Å². The zero-order chi connectivity index (χ0) is 11.4. The van der Waals surface area contributed by atoms with Gasteiger partial charge in [0.1, 0.15) is 5.75 Å². The predicted octanol–water partition coefficient (Wildman–Crippen LogP) is 2.99. The summed E-state index contributed by atoms with van der Waals surface area (Å²) >= 11 is 2.02. The molecule has 0 aliphatic carbocycles. The number of hydrogen-bond donors (Lipinski definition) is 1. The van der Waals surface area contributed by atoms with Crippen molar-refractivity contribution in [1.29, 1.82) is 0 Å². The summed E-state index contributed by atoms with van der Waals surface area (Å²) in [7, 11) is 0. The second kappa shape index (κ2) is 5.60. The van der Waals surface area contributed by atoms with E-state index in [0.29, 0.717) is 0 Å². The SMILES string of the molecule is CC(CO)c1cc(I)cc(OC(F)F)c1. The van der Waals surface area contributed by atoms with E-state index in [1.165, 1.54) is 12.1 Å². The summed E-state index contributed by atoms with van der Waals surface area (Å²) in [5.74, 6) is 0.0481. The van der Waals surface area contributed by atoms with Gasteiger partial charge in [-0.05, 0) is 46.4 Å². The van der Waals surface area contributed by atoms with Crippen LogP contribution in [0.25, 0.3) is 0 Å². The van der Waals surface area contributed by atoms with Gasteiger partial charge in [0.15, 0.2) is 0 Å². The largest absolute Gasteiger partial charge is 0.435 e. The summed E-state index contributed by atoms with van der Waals surface area (Å²) in [6, 6.07) is 4.88. The van der Waals surface area contributed by atoms with E-state index in [1.54, 1.807) is 0 Å². The van der Waals surface area contributed by atoms with Gasteiger partial charge in [0.25, 0.3) is 0 Å². The first kappa shape index (κ1) is 12.6. The Morgan fingerprint density at radius 1 is 1.40 bits per heavy atom. The third-order valence-corrected chi connectivity index (χ3v) is 2.58. The molecule has 0 radical (unpaired) electrons. The minimum atomic E-state index is -2.82. The van der Waals surface area contributed by atoms with Gasteiger partial charge in [0.2, 0.25) is 0 Å². The summed E-state index contributed by atoms with van der Waals surface area (Å²) in [5, 5.41) is 8.96. The molecule has 1 rings (SSSR count). The predicted molar refractivity (Wildman–Crippen MR) is 61.3 cm³/mol. The van der Waals surface area contributed by atoms with Gasteiger partial charge < -0.3 is 9.84 Å². The molecule has 0 bridgehead atoms. The molecule has 1 N–H and O–H groups in total. The van der Waals surface area contributed by atoms with Crippen LogP contribution in [0.5, 0.6) is 5.75 Å². The molecule has 0 heterocycles. The standard InChI is InChI=1S/C10H11F2IO2/c1-6(5-14)7-2-8(13)4-9(3-7)15-10(11)12/h2-4,6,10,14H,5H2,1H3. The first-order valence-electron chi connectivity index (χ1n) is 4.39. The van der Waals surface area contributed by atoms with Gasteiger partial charge in [-0.15, -0.1) is 0 Å². The van der Waals surface area contributed by atoms with Gasteiger partial charge in [-0.1, -0.05) is 6.92 Å². The first-order valence-corrected chi connectivity index (χ1v) is 5.47. The average Bonchev–Trinajstić information content (AvgIpc) is 2.14. The summed E-state index contributed by atoms with van der Waals surface area (Å²) in [4.78, 5) is 0. The van der Waals surface area contributed by atoms with Crippen LogP contribution in [-0.2, 0) is 0 Å². The van der Waals surface area contributed by atoms with Crippen LogP contribution in [0.4, 0.5) is 8.78 Å². The minimum absolute atomic E-state index is 0.0196. The zero-order valence-electron chi connectivity index (χ0n) is 8.08. The Labute approximate surface area is 100 Å². The number of ether oxygens (including phenoxy) is 1. The lowest BCUT2D eigenvalue weighted by Gasteiger charge is -2.11. The second-order valence-corrected chi connectivity index (χ2v) is 4.43. The highest BCUT2D eigenvalue weighted by Crippen LogP contribution is 2.25. The van der Waals surface area contributed by atoms with E-state index >= 15 is 0 Å². The number of alkyl halides is 2. The van der Waals surface area contributed by atoms with Gasteiger partial charge in [-0.3, -0.25) is 0 Å². The molecule has 84 valence electrons. The van der Waals surface area contributed by atoms with Gasteiger partial charge in [-0.2, -0.15) is 8.78 Å². The molecule has 0 aromatic heterocycles. The van der Waals surface area contributed by atoms with Crippen molar-refractivity contribution in [3.63, 3.8) is 0 Å². The fourth-order valence-corrected chi connectivity index (χ4v) is 1.81. The van der Waals surface area contributed by atoms with Crippen molar-refractivity contribution in [2.24, 2.45) is 0 Å². The number of hydrogen-bond acceptors (Lipinski definition) is 2. The van der Waals surface area contributed by atoms with Crippen molar-refractivity contribution < 1.29 is 18.6 Å². The third kappa shape index (κ3) is 3.90. The Morgan fingerprint density at radius 2 is 2.07 bits per heavy atom. The van der Waals surface area contributed by atoms with Crippen molar-refractivity contribution in [2.75, 3.05) is 6.61 Å². The minimum Gasteiger partial charge on any atom is -0.435 e. The Bertz CT molecular complexity index is 331. The highest BCUT2D eigenvalue weighted by atomic mass is 127. The number of rotatable bonds is 4. The van der Waals surface area contributed by atoms with Gasteiger partial charge in [0, 0.05) is 16.1 Å². The van der Waals surface area contributed by atoms with E-state index in [0.717, 1.165) is 9.13 Å². The average molecular weight is 328 g/mol. The first-order chi connectivity index (χ1) is 7.02. The van der Waals surface area contributed by atoms with Crippen molar-refractivity contribution in [3.8, 4) is 5.75 Å². The Hall–Kier alpha value is -0.430. The summed E-state index contributed by atoms with van der Waals surface area (Å²) in [6.45, 7) is -1.02. The molecule has 0 aliphatic heterocycles. The molecule has 2 nitrogen and oxygen atoms in total. The van der Waals surface area contributed by atoms with E-state index in [2.05, 4.69) is 4.74 Å². The molecule has 0 aliphatic rings. The van der Waals surface area contributed by atoms with Crippen LogP contribution in [0.2, 0.25) is 0 Å². The summed E-state index contributed by atoms with van der Waals surface area (Å²) in [5.41, 5.74) is 0.792. The van der Waals surface area contributed by atoms with Crippen LogP contribution in [0.3, 0.4) is 0 Å². The smallest absolute Gasteiger partial charge is 0.387 e. The topological polar surface area (TPSA) is 29.5 Å². The number of aliphatic hydroxyl groups is 1. The molecule has 1 aromatic carbocycles. The number of halogens is 3. The van der Waals surface area contributed by atoms with E-state index in [1.807, 2.05) is 35.6 Å². The maximum atomic E-state index is 12.0. The molecule has 5 heteroatoms. The molecule has 0 saturated heterocycles. The van der Waals surface area contributed by atoms with Crippen LogP contribution in [0, 0.1) is 3.57 Å². The van der Waals surface area contributed by atoms with E-state index in [9.17, 15) is 8.78 Å². The van der Waals surface area contributed by atoms with Crippen LogP contribution in [0.1, 0.15) is 18.4 Å². The fraction of sp³-hybridized carbons (Fsp3) is 0.400. The molecular weight excluding hydrogens is 317 g/mol. The molecule has 1 aromatic rings. The lowest BCUT2D eigenvalue weighted by Crippen LogP contribution is -2.04. The molecule has 1 atom stereocenters. The molecule has 1 unspecified atom stereocenters. The van der Waals surface area contributed by atoms with Crippen LogP contribution in [0.15, 0.2) is 18.2 Å². The molecule has 0 fully saturated rings. The maximum Gasteiger partial charge on any atom is 0.387 e. The van der Waals surface area contributed by atoms with Crippen molar-refractivity contribution in [3.05, 3.63) is 27.3 Å². The van der Waals surface area contributed by atoms with Gasteiger partial charge in [0.05, 0.1) is 0 Å². The molecule has 15 heavy (non-hydrogen) atoms. The van der Waals surface area contributed by atoms with Gasteiger partial charge >= 0.3 is 6.61 Å². The normalized spacial score (nSPS) is 12.9. The van der Waals surface area contributed by atoms with E-state index in [-0.39, 0.29) is 18.3 Å². The zero-order valence-corrected chi connectivity index (χ0v) is 10.2. The highest BCUT2D eigenvalue weighted by molar-refractivity contribution is 14.1. The van der Waals surface area contributed by atoms with Crippen molar-refractivity contribution >= 4 is 22.6 Å². The fourth-order valence-electron chi connectivity index (χ4n) is 1.15. The lowest BCUT2D eigenvalue weighted by atomic mass is 10.0. The summed E-state index contributed by atoms with van der Waals surface area (Å²) in [6.07, 6.45) is 0. The molecular formula is C10H11F2IO2. The molecule has 0 spiro atoms. The van der Waals surface area contributed by atoms with Crippen molar-refractivity contribution in [2.45, 2.75) is 19.5 Å². The Morgan fingerprint density at radius 3 is 2.60 bits per heavy atom. The Balaban J connectivity index is 2.94. The monoisotopic (exact) mass is 328 g/mol. The highest BCUT2D eigenvalue weighted by Gasteiger charge is 2.10. The Kier molecular flexibility index (Phi) is 4.72. The maximum absolute atomic E-state index is 12.0. The van der Waals surface area contributed by atoms with Crippen LogP contribution in [-0.4, -0.2) is 18.3 Å². The third-order valence-electron chi connectivity index (χ3n) is 1.96.